The van der Waals surface area contributed by atoms with Crippen molar-refractivity contribution in [2.24, 2.45) is 0 Å². The Hall–Kier alpha value is -3.39. The Morgan fingerprint density at radius 3 is 2.75 bits per heavy atom. The fraction of sp³-hybridized carbons (Fsp3) is 0.150. The monoisotopic (exact) mass is 391 g/mol. The minimum Gasteiger partial charge on any atom is -0.419 e. The maximum Gasteiger partial charge on any atom is 0.247 e. The van der Waals surface area contributed by atoms with Crippen LogP contribution in [0.4, 0.5) is 0 Å². The van der Waals surface area contributed by atoms with Gasteiger partial charge in [-0.2, -0.15) is 0 Å². The van der Waals surface area contributed by atoms with Crippen LogP contribution in [-0.4, -0.2) is 26.1 Å². The van der Waals surface area contributed by atoms with Gasteiger partial charge in [0.15, 0.2) is 0 Å². The molecule has 0 atom stereocenters. The number of thiazole rings is 1. The Morgan fingerprint density at radius 2 is 1.93 bits per heavy atom. The van der Waals surface area contributed by atoms with Crippen LogP contribution in [0.15, 0.2) is 64.7 Å². The lowest BCUT2D eigenvalue weighted by atomic mass is 10.2. The molecule has 4 rings (SSSR count). The lowest BCUT2D eigenvalue weighted by Gasteiger charge is -2.01. The first-order valence-corrected chi connectivity index (χ1v) is 9.65. The molecule has 1 N–H and O–H groups in total. The second kappa shape index (κ2) is 8.53. The van der Waals surface area contributed by atoms with Gasteiger partial charge in [-0.05, 0) is 30.7 Å². The molecule has 0 fully saturated rings. The van der Waals surface area contributed by atoms with Gasteiger partial charge in [0.05, 0.1) is 12.2 Å². The Labute approximate surface area is 165 Å². The number of aryl methyl sites for hydroxylation is 1. The van der Waals surface area contributed by atoms with Crippen molar-refractivity contribution in [1.82, 2.24) is 25.5 Å². The summed E-state index contributed by atoms with van der Waals surface area (Å²) in [6.45, 7) is 0.205. The maximum atomic E-state index is 12.1. The number of rotatable bonds is 7. The van der Waals surface area contributed by atoms with Crippen LogP contribution in [-0.2, 0) is 17.8 Å². The van der Waals surface area contributed by atoms with E-state index in [1.54, 1.807) is 23.7 Å². The average molecular weight is 391 g/mol. The van der Waals surface area contributed by atoms with Crippen molar-refractivity contribution >= 4 is 17.2 Å². The molecule has 8 heteroatoms. The fourth-order valence-corrected chi connectivity index (χ4v) is 3.42. The minimum absolute atomic E-state index is 0.0876. The van der Waals surface area contributed by atoms with Gasteiger partial charge in [0.25, 0.3) is 0 Å². The smallest absolute Gasteiger partial charge is 0.247 e. The van der Waals surface area contributed by atoms with E-state index >= 15 is 0 Å². The van der Waals surface area contributed by atoms with Crippen LogP contribution in [0.2, 0.25) is 0 Å². The molecule has 7 nitrogen and oxygen atoms in total. The van der Waals surface area contributed by atoms with Crippen LogP contribution < -0.4 is 5.32 Å². The summed E-state index contributed by atoms with van der Waals surface area (Å²) < 4.78 is 5.58. The normalized spacial score (nSPS) is 10.7. The third kappa shape index (κ3) is 4.47. The van der Waals surface area contributed by atoms with Crippen molar-refractivity contribution < 1.29 is 9.21 Å². The molecule has 3 heterocycles. The molecule has 1 amide bonds. The van der Waals surface area contributed by atoms with Crippen molar-refractivity contribution in [3.8, 4) is 22.0 Å². The van der Waals surface area contributed by atoms with E-state index < -0.39 is 0 Å². The standard InChI is InChI=1S/C20H17N5O2S/c26-17(9-8-16-13-28-20(23-16)15-7-4-10-21-11-15)22-12-18-24-25-19(27-18)14-5-2-1-3-6-14/h1-7,10-11,13H,8-9,12H2,(H,22,26). The number of amides is 1. The maximum absolute atomic E-state index is 12.1. The molecule has 4 aromatic rings. The quantitative estimate of drug-likeness (QED) is 0.518. The number of nitrogens with one attached hydrogen (secondary N) is 1. The number of hydrogen-bond acceptors (Lipinski definition) is 7. The van der Waals surface area contributed by atoms with E-state index in [0.29, 0.717) is 24.6 Å². The molecule has 3 aromatic heterocycles. The number of pyridine rings is 1. The highest BCUT2D eigenvalue weighted by molar-refractivity contribution is 7.13. The molecule has 0 bridgehead atoms. The zero-order valence-electron chi connectivity index (χ0n) is 14.9. The first-order valence-electron chi connectivity index (χ1n) is 8.77. The number of carbonyl (C=O) groups excluding carboxylic acids is 1. The van der Waals surface area contributed by atoms with Gasteiger partial charge in [-0.3, -0.25) is 9.78 Å². The third-order valence-electron chi connectivity index (χ3n) is 3.99. The van der Waals surface area contributed by atoms with Gasteiger partial charge in [0.2, 0.25) is 17.7 Å². The van der Waals surface area contributed by atoms with E-state index in [9.17, 15) is 4.79 Å². The lowest BCUT2D eigenvalue weighted by molar-refractivity contribution is -0.121. The second-order valence-corrected chi connectivity index (χ2v) is 6.89. The zero-order valence-corrected chi connectivity index (χ0v) is 15.7. The molecule has 0 unspecified atom stereocenters. The summed E-state index contributed by atoms with van der Waals surface area (Å²) in [4.78, 5) is 20.8. The molecule has 0 aliphatic carbocycles. The summed E-state index contributed by atoms with van der Waals surface area (Å²) in [7, 11) is 0. The molecular formula is C20H17N5O2S. The van der Waals surface area contributed by atoms with E-state index in [2.05, 4.69) is 25.5 Å². The Balaban J connectivity index is 1.26. The molecule has 0 radical (unpaired) electrons. The summed E-state index contributed by atoms with van der Waals surface area (Å²) >= 11 is 1.55. The number of aromatic nitrogens is 4. The molecule has 140 valence electrons. The highest BCUT2D eigenvalue weighted by atomic mass is 32.1. The molecule has 28 heavy (non-hydrogen) atoms. The minimum atomic E-state index is -0.0876. The SMILES string of the molecule is O=C(CCc1csc(-c2cccnc2)n1)NCc1nnc(-c2ccccc2)o1. The van der Waals surface area contributed by atoms with Crippen molar-refractivity contribution in [3.05, 3.63) is 71.8 Å². The molecular weight excluding hydrogens is 374 g/mol. The Bertz CT molecular complexity index is 963. The Kier molecular flexibility index (Phi) is 5.48. The predicted octanol–water partition coefficient (Wildman–Crippen LogP) is 3.50. The van der Waals surface area contributed by atoms with Gasteiger partial charge in [-0.1, -0.05) is 18.2 Å². The van der Waals surface area contributed by atoms with Crippen LogP contribution in [0.3, 0.4) is 0 Å². The van der Waals surface area contributed by atoms with Gasteiger partial charge < -0.3 is 9.73 Å². The van der Waals surface area contributed by atoms with E-state index in [4.69, 9.17) is 4.42 Å². The van der Waals surface area contributed by atoms with Gasteiger partial charge in [0.1, 0.15) is 5.01 Å². The van der Waals surface area contributed by atoms with Crippen LogP contribution in [0.25, 0.3) is 22.0 Å². The molecule has 0 spiro atoms. The topological polar surface area (TPSA) is 93.8 Å². The molecule has 0 aliphatic rings. The summed E-state index contributed by atoms with van der Waals surface area (Å²) in [5.41, 5.74) is 2.72. The van der Waals surface area contributed by atoms with Crippen LogP contribution in [0.5, 0.6) is 0 Å². The van der Waals surface area contributed by atoms with Crippen molar-refractivity contribution in [2.75, 3.05) is 0 Å². The summed E-state index contributed by atoms with van der Waals surface area (Å²) in [6, 6.07) is 13.4. The summed E-state index contributed by atoms with van der Waals surface area (Å²) in [5.74, 6) is 0.727. The molecule has 0 saturated carbocycles. The summed E-state index contributed by atoms with van der Waals surface area (Å²) in [6.07, 6.45) is 4.43. The van der Waals surface area contributed by atoms with Gasteiger partial charge in [-0.25, -0.2) is 4.98 Å². The van der Waals surface area contributed by atoms with E-state index in [-0.39, 0.29) is 12.5 Å². The van der Waals surface area contributed by atoms with E-state index in [1.807, 2.05) is 47.8 Å². The van der Waals surface area contributed by atoms with Crippen molar-refractivity contribution in [1.29, 1.82) is 0 Å². The highest BCUT2D eigenvalue weighted by Gasteiger charge is 2.11. The van der Waals surface area contributed by atoms with Gasteiger partial charge >= 0.3 is 0 Å². The molecule has 0 aliphatic heterocycles. The zero-order chi connectivity index (χ0) is 19.2. The summed E-state index contributed by atoms with van der Waals surface area (Å²) in [5, 5.41) is 13.7. The van der Waals surface area contributed by atoms with Gasteiger partial charge in [0, 0.05) is 35.3 Å². The van der Waals surface area contributed by atoms with E-state index in [0.717, 1.165) is 21.8 Å². The lowest BCUT2D eigenvalue weighted by Crippen LogP contribution is -2.23. The predicted molar refractivity (Wildman–Crippen MR) is 105 cm³/mol. The number of carbonyl (C=O) groups is 1. The van der Waals surface area contributed by atoms with Crippen molar-refractivity contribution in [3.63, 3.8) is 0 Å². The third-order valence-corrected chi connectivity index (χ3v) is 4.93. The first kappa shape index (κ1) is 18.0. The fourth-order valence-electron chi connectivity index (χ4n) is 2.57. The largest absolute Gasteiger partial charge is 0.419 e. The number of benzene rings is 1. The number of nitrogens with zero attached hydrogens (tertiary/aromatic N) is 4. The highest BCUT2D eigenvalue weighted by Crippen LogP contribution is 2.23. The number of hydrogen-bond donors (Lipinski definition) is 1. The van der Waals surface area contributed by atoms with Crippen LogP contribution in [0, 0.1) is 0 Å². The average Bonchev–Trinajstić information content (AvgIpc) is 3.42. The first-order chi connectivity index (χ1) is 13.8. The van der Waals surface area contributed by atoms with E-state index in [1.165, 1.54) is 0 Å². The second-order valence-electron chi connectivity index (χ2n) is 6.03. The molecule has 0 saturated heterocycles. The van der Waals surface area contributed by atoms with Crippen LogP contribution >= 0.6 is 11.3 Å². The molecule has 1 aromatic carbocycles. The van der Waals surface area contributed by atoms with Crippen LogP contribution in [0.1, 0.15) is 18.0 Å². The van der Waals surface area contributed by atoms with Gasteiger partial charge in [-0.15, -0.1) is 21.5 Å². The van der Waals surface area contributed by atoms with Crippen molar-refractivity contribution in [2.45, 2.75) is 19.4 Å². The Morgan fingerprint density at radius 1 is 1.07 bits per heavy atom.